The highest BCUT2D eigenvalue weighted by Crippen LogP contribution is 2.37. The van der Waals surface area contributed by atoms with E-state index >= 15 is 0 Å². The summed E-state index contributed by atoms with van der Waals surface area (Å²) in [5.74, 6) is 0. The van der Waals surface area contributed by atoms with Gasteiger partial charge in [-0.1, -0.05) is 11.6 Å². The molecule has 5 heteroatoms. The van der Waals surface area contributed by atoms with Crippen LogP contribution in [-0.4, -0.2) is 16.3 Å². The van der Waals surface area contributed by atoms with Crippen molar-refractivity contribution < 1.29 is 0 Å². The predicted octanol–water partition coefficient (Wildman–Crippen LogP) is 3.34. The van der Waals surface area contributed by atoms with Crippen molar-refractivity contribution in [2.75, 3.05) is 6.54 Å². The molecule has 1 atom stereocenters. The fourth-order valence-electron chi connectivity index (χ4n) is 2.70. The first-order valence-electron chi connectivity index (χ1n) is 6.72. The van der Waals surface area contributed by atoms with E-state index in [-0.39, 0.29) is 0 Å². The van der Waals surface area contributed by atoms with Gasteiger partial charge in [-0.15, -0.1) is 11.3 Å². The van der Waals surface area contributed by atoms with Crippen molar-refractivity contribution in [3.8, 4) is 0 Å². The van der Waals surface area contributed by atoms with Crippen LogP contribution in [0.2, 0.25) is 4.34 Å². The van der Waals surface area contributed by atoms with Gasteiger partial charge in [0.15, 0.2) is 0 Å². The quantitative estimate of drug-likeness (QED) is 0.937. The van der Waals surface area contributed by atoms with Crippen molar-refractivity contribution >= 4 is 22.9 Å². The summed E-state index contributed by atoms with van der Waals surface area (Å²) in [6, 6.07) is 4.69. The topological polar surface area (TPSA) is 29.9 Å². The largest absolute Gasteiger partial charge is 0.310 e. The number of nitrogens with one attached hydrogen (secondary N) is 1. The molecule has 2 aromatic heterocycles. The van der Waals surface area contributed by atoms with Crippen LogP contribution in [0.4, 0.5) is 0 Å². The monoisotopic (exact) mass is 295 g/mol. The van der Waals surface area contributed by atoms with Gasteiger partial charge in [-0.25, -0.2) is 0 Å². The Kier molecular flexibility index (Phi) is 3.91. The van der Waals surface area contributed by atoms with Gasteiger partial charge in [0.1, 0.15) is 0 Å². The first-order chi connectivity index (χ1) is 9.22. The van der Waals surface area contributed by atoms with Gasteiger partial charge in [-0.05, 0) is 37.0 Å². The average molecular weight is 296 g/mol. The molecule has 19 heavy (non-hydrogen) atoms. The highest BCUT2D eigenvalue weighted by atomic mass is 35.5. The summed E-state index contributed by atoms with van der Waals surface area (Å²) >= 11 is 7.86. The van der Waals surface area contributed by atoms with E-state index in [9.17, 15) is 0 Å². The van der Waals surface area contributed by atoms with E-state index in [2.05, 4.69) is 22.5 Å². The maximum Gasteiger partial charge on any atom is 0.0934 e. The van der Waals surface area contributed by atoms with Crippen LogP contribution in [0.5, 0.6) is 0 Å². The minimum Gasteiger partial charge on any atom is -0.310 e. The van der Waals surface area contributed by atoms with E-state index in [0.717, 1.165) is 23.0 Å². The molecule has 0 spiro atoms. The Hall–Kier alpha value is -0.840. The zero-order chi connectivity index (χ0) is 13.2. The predicted molar refractivity (Wildman–Crippen MR) is 79.9 cm³/mol. The number of hydrogen-bond donors (Lipinski definition) is 1. The number of thiophene rings is 1. The summed E-state index contributed by atoms with van der Waals surface area (Å²) in [5, 5.41) is 8.05. The van der Waals surface area contributed by atoms with Gasteiger partial charge in [0.2, 0.25) is 0 Å². The van der Waals surface area contributed by atoms with Crippen molar-refractivity contribution in [3.05, 3.63) is 38.8 Å². The van der Waals surface area contributed by atoms with Crippen LogP contribution < -0.4 is 5.32 Å². The fourth-order valence-corrected chi connectivity index (χ4v) is 4.09. The Morgan fingerprint density at radius 2 is 2.47 bits per heavy atom. The lowest BCUT2D eigenvalue weighted by molar-refractivity contribution is 0.465. The molecule has 0 aromatic carbocycles. The molecule has 2 aromatic rings. The van der Waals surface area contributed by atoms with Crippen LogP contribution >= 0.6 is 22.9 Å². The van der Waals surface area contributed by atoms with Gasteiger partial charge in [-0.3, -0.25) is 4.68 Å². The molecule has 0 fully saturated rings. The molecule has 1 unspecified atom stereocenters. The average Bonchev–Trinajstić information content (AvgIpc) is 2.95. The lowest BCUT2D eigenvalue weighted by atomic mass is 9.94. The van der Waals surface area contributed by atoms with Crippen molar-refractivity contribution in [3.63, 3.8) is 0 Å². The molecule has 1 N–H and O–H groups in total. The van der Waals surface area contributed by atoms with E-state index in [1.807, 2.05) is 17.9 Å². The van der Waals surface area contributed by atoms with Gasteiger partial charge in [0.05, 0.1) is 10.0 Å². The minimum absolute atomic E-state index is 0.469. The highest BCUT2D eigenvalue weighted by Gasteiger charge is 2.22. The maximum atomic E-state index is 6.13. The van der Waals surface area contributed by atoms with Gasteiger partial charge < -0.3 is 5.32 Å². The molecule has 0 saturated heterocycles. The SMILES string of the molecule is Cn1ccc(CCNC2CCCc3sc(Cl)cc32)n1. The standard InChI is InChI=1S/C14H18ClN3S/c1-18-8-6-10(17-18)5-7-16-12-3-2-4-13-11(12)9-14(15)19-13/h6,8-9,12,16H,2-5,7H2,1H3. The van der Waals surface area contributed by atoms with Crippen molar-refractivity contribution in [1.29, 1.82) is 0 Å². The zero-order valence-corrected chi connectivity index (χ0v) is 12.6. The molecule has 3 nitrogen and oxygen atoms in total. The molecule has 102 valence electrons. The normalized spacial score (nSPS) is 18.5. The summed E-state index contributed by atoms with van der Waals surface area (Å²) in [6.45, 7) is 0.967. The molecular weight excluding hydrogens is 278 g/mol. The van der Waals surface area contributed by atoms with Crippen molar-refractivity contribution in [2.45, 2.75) is 31.7 Å². The van der Waals surface area contributed by atoms with Crippen molar-refractivity contribution in [1.82, 2.24) is 15.1 Å². The Labute approximate surface area is 122 Å². The van der Waals surface area contributed by atoms with Gasteiger partial charge in [-0.2, -0.15) is 5.10 Å². The highest BCUT2D eigenvalue weighted by molar-refractivity contribution is 7.16. The van der Waals surface area contributed by atoms with Gasteiger partial charge in [0.25, 0.3) is 0 Å². The first kappa shape index (κ1) is 13.2. The van der Waals surface area contributed by atoms with Crippen LogP contribution in [0.3, 0.4) is 0 Å². The molecule has 0 saturated carbocycles. The Morgan fingerprint density at radius 1 is 1.58 bits per heavy atom. The number of aromatic nitrogens is 2. The Bertz CT molecular complexity index is 561. The minimum atomic E-state index is 0.469. The van der Waals surface area contributed by atoms with Gasteiger partial charge >= 0.3 is 0 Å². The summed E-state index contributed by atoms with van der Waals surface area (Å²) < 4.78 is 2.77. The maximum absolute atomic E-state index is 6.13. The Morgan fingerprint density at radius 3 is 3.26 bits per heavy atom. The summed E-state index contributed by atoms with van der Waals surface area (Å²) in [5.41, 5.74) is 2.57. The molecular formula is C14H18ClN3S. The lowest BCUT2D eigenvalue weighted by Gasteiger charge is -2.23. The van der Waals surface area contributed by atoms with Crippen LogP contribution in [-0.2, 0) is 19.9 Å². The summed E-state index contributed by atoms with van der Waals surface area (Å²) in [7, 11) is 1.96. The van der Waals surface area contributed by atoms with Crippen LogP contribution in [0.1, 0.15) is 35.0 Å². The second-order valence-corrected chi connectivity index (χ2v) is 6.83. The van der Waals surface area contributed by atoms with E-state index in [4.69, 9.17) is 11.6 Å². The van der Waals surface area contributed by atoms with E-state index in [0.29, 0.717) is 6.04 Å². The second-order valence-electron chi connectivity index (χ2n) is 5.06. The number of rotatable bonds is 4. The molecule has 2 heterocycles. The third-order valence-corrected chi connectivity index (χ3v) is 4.96. The molecule has 0 aliphatic heterocycles. The Balaban J connectivity index is 1.59. The molecule has 0 radical (unpaired) electrons. The third kappa shape index (κ3) is 3.02. The smallest absolute Gasteiger partial charge is 0.0934 e. The fraction of sp³-hybridized carbons (Fsp3) is 0.500. The molecule has 0 bridgehead atoms. The molecule has 1 aliphatic carbocycles. The van der Waals surface area contributed by atoms with Crippen LogP contribution in [0, 0.1) is 0 Å². The number of halogens is 1. The molecule has 3 rings (SSSR count). The first-order valence-corrected chi connectivity index (χ1v) is 7.92. The number of nitrogens with zero attached hydrogens (tertiary/aromatic N) is 2. The van der Waals surface area contributed by atoms with E-state index in [1.54, 1.807) is 11.3 Å². The number of fused-ring (bicyclic) bond motifs is 1. The number of aryl methyl sites for hydroxylation is 2. The summed E-state index contributed by atoms with van der Waals surface area (Å²) in [4.78, 5) is 1.46. The van der Waals surface area contributed by atoms with Crippen molar-refractivity contribution in [2.24, 2.45) is 7.05 Å². The van der Waals surface area contributed by atoms with Crippen LogP contribution in [0.15, 0.2) is 18.3 Å². The van der Waals surface area contributed by atoms with Gasteiger partial charge in [0, 0.05) is 37.1 Å². The number of hydrogen-bond acceptors (Lipinski definition) is 3. The van der Waals surface area contributed by atoms with Crippen LogP contribution in [0.25, 0.3) is 0 Å². The second kappa shape index (κ2) is 5.65. The molecule has 0 amide bonds. The van der Waals surface area contributed by atoms with E-state index in [1.165, 1.54) is 29.7 Å². The summed E-state index contributed by atoms with van der Waals surface area (Å²) in [6.07, 6.45) is 6.62. The third-order valence-electron chi connectivity index (χ3n) is 3.62. The molecule has 1 aliphatic rings. The van der Waals surface area contributed by atoms with E-state index < -0.39 is 0 Å². The zero-order valence-electron chi connectivity index (χ0n) is 11.0. The lowest BCUT2D eigenvalue weighted by Crippen LogP contribution is -2.26.